The van der Waals surface area contributed by atoms with Gasteiger partial charge in [0.1, 0.15) is 0 Å². The number of halogens is 1. The lowest BCUT2D eigenvalue weighted by molar-refractivity contribution is 0.423. The van der Waals surface area contributed by atoms with Crippen LogP contribution in [0.3, 0.4) is 0 Å². The predicted octanol–water partition coefficient (Wildman–Crippen LogP) is 1.77. The summed E-state index contributed by atoms with van der Waals surface area (Å²) in [5.74, 6) is -0.955. The van der Waals surface area contributed by atoms with Crippen molar-refractivity contribution in [3.8, 4) is 11.5 Å². The van der Waals surface area contributed by atoms with E-state index in [1.54, 1.807) is 24.3 Å². The Morgan fingerprint density at radius 1 is 0.900 bits per heavy atom. The highest BCUT2D eigenvalue weighted by Gasteiger charge is 2.18. The van der Waals surface area contributed by atoms with Crippen molar-refractivity contribution in [2.45, 2.75) is 0 Å². The third-order valence-electron chi connectivity index (χ3n) is 2.24. The minimum atomic E-state index is -5.30. The molecular formula is C11H9FO6S2. The van der Waals surface area contributed by atoms with Gasteiger partial charge in [0.05, 0.1) is 6.26 Å². The monoisotopic (exact) mass is 320 g/mol. The second-order valence-corrected chi connectivity index (χ2v) is 6.44. The zero-order valence-corrected chi connectivity index (χ0v) is 11.7. The van der Waals surface area contributed by atoms with E-state index in [2.05, 4.69) is 8.37 Å². The van der Waals surface area contributed by atoms with Crippen LogP contribution in [0.4, 0.5) is 3.89 Å². The van der Waals surface area contributed by atoms with Gasteiger partial charge in [0.15, 0.2) is 11.5 Å². The number of benzene rings is 2. The SMILES string of the molecule is CS(=O)(=O)Oc1cc2ccccc2cc1OS(=O)(=O)F. The molecule has 0 amide bonds. The van der Waals surface area contributed by atoms with E-state index in [-0.39, 0.29) is 0 Å². The van der Waals surface area contributed by atoms with Gasteiger partial charge in [-0.15, -0.1) is 0 Å². The molecule has 0 aromatic heterocycles. The van der Waals surface area contributed by atoms with Crippen molar-refractivity contribution in [2.24, 2.45) is 0 Å². The molecule has 20 heavy (non-hydrogen) atoms. The van der Waals surface area contributed by atoms with Gasteiger partial charge in [-0.2, -0.15) is 16.8 Å². The van der Waals surface area contributed by atoms with Crippen molar-refractivity contribution in [3.05, 3.63) is 36.4 Å². The van der Waals surface area contributed by atoms with Gasteiger partial charge in [-0.05, 0) is 22.9 Å². The second kappa shape index (κ2) is 4.91. The summed E-state index contributed by atoms with van der Waals surface area (Å²) in [6, 6.07) is 9.06. The molecule has 0 aliphatic rings. The summed E-state index contributed by atoms with van der Waals surface area (Å²) < 4.78 is 64.7. The number of fused-ring (bicyclic) bond motifs is 1. The molecule has 0 radical (unpaired) electrons. The molecule has 2 aromatic carbocycles. The van der Waals surface area contributed by atoms with E-state index in [4.69, 9.17) is 0 Å². The van der Waals surface area contributed by atoms with Crippen molar-refractivity contribution in [2.75, 3.05) is 6.26 Å². The molecule has 2 aromatic rings. The van der Waals surface area contributed by atoms with Gasteiger partial charge in [0.2, 0.25) is 0 Å². The molecule has 9 heteroatoms. The minimum absolute atomic E-state index is 0.410. The molecule has 0 fully saturated rings. The average molecular weight is 320 g/mol. The molecule has 0 aliphatic carbocycles. The highest BCUT2D eigenvalue weighted by molar-refractivity contribution is 7.86. The Kier molecular flexibility index (Phi) is 3.57. The smallest absolute Gasteiger partial charge is 0.379 e. The van der Waals surface area contributed by atoms with Crippen LogP contribution in [0.25, 0.3) is 10.8 Å². The summed E-state index contributed by atoms with van der Waals surface area (Å²) in [4.78, 5) is 0. The molecule has 0 heterocycles. The molecule has 0 saturated carbocycles. The third-order valence-corrected chi connectivity index (χ3v) is 3.10. The standard InChI is InChI=1S/C11H9FO6S2/c1-19(13,14)17-10-6-8-4-2-3-5-9(8)7-11(10)18-20(12,15)16/h2-7H,1H3. The van der Waals surface area contributed by atoms with Crippen LogP contribution in [-0.2, 0) is 20.6 Å². The van der Waals surface area contributed by atoms with Crippen LogP contribution in [0.5, 0.6) is 11.5 Å². The second-order valence-electron chi connectivity index (χ2n) is 3.91. The Hall–Kier alpha value is -1.87. The van der Waals surface area contributed by atoms with Gasteiger partial charge >= 0.3 is 20.6 Å². The lowest BCUT2D eigenvalue weighted by Crippen LogP contribution is -2.09. The predicted molar refractivity (Wildman–Crippen MR) is 70.1 cm³/mol. The van der Waals surface area contributed by atoms with Crippen molar-refractivity contribution < 1.29 is 29.1 Å². The van der Waals surface area contributed by atoms with Crippen molar-refractivity contribution in [1.82, 2.24) is 0 Å². The summed E-state index contributed by atoms with van der Waals surface area (Å²) in [7, 11) is -9.22. The van der Waals surface area contributed by atoms with Crippen LogP contribution in [0.2, 0.25) is 0 Å². The van der Waals surface area contributed by atoms with Gasteiger partial charge in [-0.25, -0.2) is 0 Å². The average Bonchev–Trinajstić information content (AvgIpc) is 2.26. The first-order valence-electron chi connectivity index (χ1n) is 5.20. The van der Waals surface area contributed by atoms with E-state index in [0.717, 1.165) is 6.26 Å². The fourth-order valence-corrected chi connectivity index (χ4v) is 2.40. The summed E-state index contributed by atoms with van der Waals surface area (Å²) >= 11 is 0. The van der Waals surface area contributed by atoms with Gasteiger partial charge in [0, 0.05) is 0 Å². The molecule has 2 rings (SSSR count). The van der Waals surface area contributed by atoms with E-state index in [9.17, 15) is 20.7 Å². The van der Waals surface area contributed by atoms with Crippen LogP contribution in [0.1, 0.15) is 0 Å². The normalized spacial score (nSPS) is 12.3. The Morgan fingerprint density at radius 3 is 1.75 bits per heavy atom. The fraction of sp³-hybridized carbons (Fsp3) is 0.0909. The first-order valence-corrected chi connectivity index (χ1v) is 8.33. The molecular weight excluding hydrogens is 311 g/mol. The van der Waals surface area contributed by atoms with Crippen LogP contribution in [-0.4, -0.2) is 23.1 Å². The molecule has 0 spiro atoms. The summed E-state index contributed by atoms with van der Waals surface area (Å²) in [6.45, 7) is 0. The van der Waals surface area contributed by atoms with Crippen molar-refractivity contribution in [3.63, 3.8) is 0 Å². The van der Waals surface area contributed by atoms with Crippen molar-refractivity contribution >= 4 is 31.4 Å². The lowest BCUT2D eigenvalue weighted by atomic mass is 10.1. The van der Waals surface area contributed by atoms with Crippen molar-refractivity contribution in [1.29, 1.82) is 0 Å². The third kappa shape index (κ3) is 3.81. The Morgan fingerprint density at radius 2 is 1.35 bits per heavy atom. The first-order chi connectivity index (χ1) is 9.14. The maximum atomic E-state index is 12.6. The molecule has 0 saturated heterocycles. The Labute approximate surface area is 115 Å². The summed E-state index contributed by atoms with van der Waals surface area (Å²) in [5.41, 5.74) is 0. The molecule has 0 bridgehead atoms. The molecule has 0 unspecified atom stereocenters. The number of hydrogen-bond donors (Lipinski definition) is 0. The highest BCUT2D eigenvalue weighted by atomic mass is 32.3. The van der Waals surface area contributed by atoms with Crippen LogP contribution in [0.15, 0.2) is 36.4 Å². The quantitative estimate of drug-likeness (QED) is 0.630. The van der Waals surface area contributed by atoms with Gasteiger partial charge < -0.3 is 8.37 Å². The zero-order chi connectivity index (χ0) is 15.0. The lowest BCUT2D eigenvalue weighted by Gasteiger charge is -2.10. The number of rotatable bonds is 4. The summed E-state index contributed by atoms with van der Waals surface area (Å²) in [5, 5.41) is 1.11. The maximum Gasteiger partial charge on any atom is 0.488 e. The largest absolute Gasteiger partial charge is 0.488 e. The first kappa shape index (κ1) is 14.5. The van der Waals surface area contributed by atoms with Crippen LogP contribution >= 0.6 is 0 Å². The Balaban J connectivity index is 2.64. The molecule has 6 nitrogen and oxygen atoms in total. The molecule has 0 N–H and O–H groups in total. The molecule has 0 aliphatic heterocycles. The molecule has 108 valence electrons. The number of hydrogen-bond acceptors (Lipinski definition) is 6. The highest BCUT2D eigenvalue weighted by Crippen LogP contribution is 2.34. The van der Waals surface area contributed by atoms with E-state index in [1.165, 1.54) is 12.1 Å². The van der Waals surface area contributed by atoms with E-state index in [1.807, 2.05) is 0 Å². The van der Waals surface area contributed by atoms with Gasteiger partial charge in [-0.3, -0.25) is 0 Å². The Bertz CT molecular complexity index is 785. The van der Waals surface area contributed by atoms with E-state index >= 15 is 0 Å². The van der Waals surface area contributed by atoms with Gasteiger partial charge in [-0.1, -0.05) is 28.2 Å². The van der Waals surface area contributed by atoms with E-state index in [0.29, 0.717) is 10.8 Å². The minimum Gasteiger partial charge on any atom is -0.379 e. The maximum absolute atomic E-state index is 12.6. The van der Waals surface area contributed by atoms with Crippen LogP contribution in [0, 0.1) is 0 Å². The zero-order valence-electron chi connectivity index (χ0n) is 10.1. The van der Waals surface area contributed by atoms with Crippen LogP contribution < -0.4 is 8.37 Å². The van der Waals surface area contributed by atoms with E-state index < -0.39 is 32.1 Å². The summed E-state index contributed by atoms with van der Waals surface area (Å²) in [6.07, 6.45) is 0.774. The fourth-order valence-electron chi connectivity index (χ4n) is 1.60. The molecule has 0 atom stereocenters. The van der Waals surface area contributed by atoms with Gasteiger partial charge in [0.25, 0.3) is 0 Å². The topological polar surface area (TPSA) is 86.7 Å².